The van der Waals surface area contributed by atoms with Crippen molar-refractivity contribution in [3.8, 4) is 22.6 Å². The lowest BCUT2D eigenvalue weighted by Crippen LogP contribution is -2.08. The van der Waals surface area contributed by atoms with Crippen LogP contribution in [0, 0.1) is 0 Å². The molecule has 0 spiro atoms. The number of hydrogen-bond donors (Lipinski definition) is 4. The second-order valence-corrected chi connectivity index (χ2v) is 7.91. The minimum atomic E-state index is -4.81. The van der Waals surface area contributed by atoms with Crippen LogP contribution in [0.2, 0.25) is 0 Å². The SMILES string of the molecule is COc1cc(-c2cc(OC)c(N)cc2S(=O)(=O)O)c(S(=O)(=O)O)cc1N. The number of rotatable bonds is 5. The van der Waals surface area contributed by atoms with E-state index in [2.05, 4.69) is 0 Å². The highest BCUT2D eigenvalue weighted by Gasteiger charge is 2.26. The van der Waals surface area contributed by atoms with Gasteiger partial charge in [-0.25, -0.2) is 0 Å². The predicted molar refractivity (Wildman–Crippen MR) is 93.4 cm³/mol. The lowest BCUT2D eigenvalue weighted by atomic mass is 10.0. The van der Waals surface area contributed by atoms with E-state index in [0.717, 1.165) is 24.3 Å². The molecule has 142 valence electrons. The molecule has 6 N–H and O–H groups in total. The van der Waals surface area contributed by atoms with Gasteiger partial charge in [-0.15, -0.1) is 0 Å². The summed E-state index contributed by atoms with van der Waals surface area (Å²) in [4.78, 5) is -1.37. The molecule has 0 aliphatic rings. The summed E-state index contributed by atoms with van der Waals surface area (Å²) in [5.41, 5.74) is 10.5. The zero-order chi connectivity index (χ0) is 19.9. The van der Waals surface area contributed by atoms with Gasteiger partial charge in [-0.05, 0) is 24.3 Å². The van der Waals surface area contributed by atoms with Gasteiger partial charge in [-0.1, -0.05) is 0 Å². The third-order valence-corrected chi connectivity index (χ3v) is 5.30. The molecule has 0 atom stereocenters. The molecule has 26 heavy (non-hydrogen) atoms. The Morgan fingerprint density at radius 2 is 1.04 bits per heavy atom. The summed E-state index contributed by atoms with van der Waals surface area (Å²) in [7, 11) is -7.09. The van der Waals surface area contributed by atoms with Crippen LogP contribution in [0.15, 0.2) is 34.1 Å². The highest BCUT2D eigenvalue weighted by Crippen LogP contribution is 2.41. The second kappa shape index (κ2) is 6.64. The number of anilines is 2. The summed E-state index contributed by atoms with van der Waals surface area (Å²) < 4.78 is 76.0. The third-order valence-electron chi connectivity index (χ3n) is 3.51. The number of nitrogen functional groups attached to an aromatic ring is 2. The van der Waals surface area contributed by atoms with E-state index in [1.165, 1.54) is 14.2 Å². The number of ether oxygens (including phenoxy) is 2. The van der Waals surface area contributed by atoms with Crippen LogP contribution in [-0.2, 0) is 20.2 Å². The lowest BCUT2D eigenvalue weighted by molar-refractivity contribution is 0.415. The van der Waals surface area contributed by atoms with Crippen molar-refractivity contribution in [3.05, 3.63) is 24.3 Å². The van der Waals surface area contributed by atoms with Crippen LogP contribution in [0.25, 0.3) is 11.1 Å². The molecule has 0 aliphatic heterocycles. The molecule has 0 aliphatic carbocycles. The van der Waals surface area contributed by atoms with E-state index in [1.54, 1.807) is 0 Å². The van der Waals surface area contributed by atoms with Gasteiger partial charge in [-0.2, -0.15) is 16.8 Å². The van der Waals surface area contributed by atoms with Crippen molar-refractivity contribution < 1.29 is 35.4 Å². The van der Waals surface area contributed by atoms with E-state index in [4.69, 9.17) is 20.9 Å². The van der Waals surface area contributed by atoms with E-state index in [1.807, 2.05) is 0 Å². The van der Waals surface area contributed by atoms with Gasteiger partial charge in [0.25, 0.3) is 20.2 Å². The molecule has 2 aromatic rings. The Bertz CT molecular complexity index is 991. The maximum Gasteiger partial charge on any atom is 0.295 e. The molecule has 0 heterocycles. The van der Waals surface area contributed by atoms with Gasteiger partial charge in [0.15, 0.2) is 0 Å². The number of methoxy groups -OCH3 is 2. The van der Waals surface area contributed by atoms with Crippen molar-refractivity contribution in [2.75, 3.05) is 25.7 Å². The van der Waals surface area contributed by atoms with E-state index in [0.29, 0.717) is 0 Å². The van der Waals surface area contributed by atoms with Crippen molar-refractivity contribution >= 4 is 31.6 Å². The maximum absolute atomic E-state index is 11.8. The Morgan fingerprint density at radius 1 is 0.731 bits per heavy atom. The second-order valence-electron chi connectivity index (χ2n) is 5.13. The molecule has 0 unspecified atom stereocenters. The molecular formula is C14H16N2O8S2. The first-order chi connectivity index (χ1) is 11.9. The van der Waals surface area contributed by atoms with Crippen LogP contribution in [-0.4, -0.2) is 40.2 Å². The first-order valence-corrected chi connectivity index (χ1v) is 9.68. The van der Waals surface area contributed by atoms with Gasteiger partial charge >= 0.3 is 0 Å². The summed E-state index contributed by atoms with van der Waals surface area (Å²) in [5.74, 6) is 0.0361. The zero-order valence-corrected chi connectivity index (χ0v) is 15.3. The average molecular weight is 404 g/mol. The summed E-state index contributed by atoms with van der Waals surface area (Å²) in [5, 5.41) is 0. The van der Waals surface area contributed by atoms with Gasteiger partial charge in [0, 0.05) is 11.1 Å². The molecule has 0 saturated heterocycles. The summed E-state index contributed by atoms with van der Waals surface area (Å²) in [6.07, 6.45) is 0. The fourth-order valence-corrected chi connectivity index (χ4v) is 3.80. The van der Waals surface area contributed by atoms with Crippen LogP contribution in [0.4, 0.5) is 11.4 Å². The Hall–Kier alpha value is -2.54. The monoisotopic (exact) mass is 404 g/mol. The molecule has 0 amide bonds. The van der Waals surface area contributed by atoms with Crippen molar-refractivity contribution in [1.82, 2.24) is 0 Å². The minimum absolute atomic E-state index is 0.0180. The molecule has 2 aromatic carbocycles. The molecule has 2 rings (SSSR count). The topological polar surface area (TPSA) is 179 Å². The highest BCUT2D eigenvalue weighted by atomic mass is 32.2. The molecule has 0 bridgehead atoms. The van der Waals surface area contributed by atoms with Crippen LogP contribution in [0.3, 0.4) is 0 Å². The highest BCUT2D eigenvalue weighted by molar-refractivity contribution is 7.86. The molecule has 0 radical (unpaired) electrons. The van der Waals surface area contributed by atoms with Gasteiger partial charge in [-0.3, -0.25) is 9.11 Å². The van der Waals surface area contributed by atoms with E-state index >= 15 is 0 Å². The summed E-state index contributed by atoms with van der Waals surface area (Å²) in [6, 6.07) is 4.02. The fraction of sp³-hybridized carbons (Fsp3) is 0.143. The number of benzene rings is 2. The third kappa shape index (κ3) is 3.67. The molecule has 0 fully saturated rings. The summed E-state index contributed by atoms with van der Waals surface area (Å²) >= 11 is 0. The fourth-order valence-electron chi connectivity index (χ4n) is 2.35. The molecule has 10 nitrogen and oxygen atoms in total. The smallest absolute Gasteiger partial charge is 0.295 e. The Kier molecular flexibility index (Phi) is 5.05. The first-order valence-electron chi connectivity index (χ1n) is 6.80. The minimum Gasteiger partial charge on any atom is -0.495 e. The molecule has 0 saturated carbocycles. The molecule has 12 heteroatoms. The Balaban J connectivity index is 3.04. The van der Waals surface area contributed by atoms with Crippen LogP contribution in [0.5, 0.6) is 11.5 Å². The quantitative estimate of drug-likeness (QED) is 0.415. The number of hydrogen-bond acceptors (Lipinski definition) is 8. The van der Waals surface area contributed by atoms with Gasteiger partial charge in [0.2, 0.25) is 0 Å². The van der Waals surface area contributed by atoms with Gasteiger partial charge < -0.3 is 20.9 Å². The lowest BCUT2D eigenvalue weighted by Gasteiger charge is -2.16. The van der Waals surface area contributed by atoms with Crippen molar-refractivity contribution in [2.45, 2.75) is 9.79 Å². The van der Waals surface area contributed by atoms with Crippen molar-refractivity contribution in [1.29, 1.82) is 0 Å². The van der Waals surface area contributed by atoms with Crippen molar-refractivity contribution in [3.63, 3.8) is 0 Å². The first kappa shape index (κ1) is 19.8. The van der Waals surface area contributed by atoms with Crippen LogP contribution in [0.1, 0.15) is 0 Å². The normalized spacial score (nSPS) is 12.0. The van der Waals surface area contributed by atoms with E-state index in [9.17, 15) is 25.9 Å². The largest absolute Gasteiger partial charge is 0.495 e. The van der Waals surface area contributed by atoms with Gasteiger partial charge in [0.1, 0.15) is 21.3 Å². The molecule has 0 aromatic heterocycles. The van der Waals surface area contributed by atoms with E-state index < -0.39 is 30.0 Å². The maximum atomic E-state index is 11.8. The van der Waals surface area contributed by atoms with Crippen LogP contribution >= 0.6 is 0 Å². The van der Waals surface area contributed by atoms with Crippen molar-refractivity contribution in [2.24, 2.45) is 0 Å². The Labute approximate surface area is 149 Å². The number of nitrogens with two attached hydrogens (primary N) is 2. The summed E-state index contributed by atoms with van der Waals surface area (Å²) in [6.45, 7) is 0. The van der Waals surface area contributed by atoms with Crippen LogP contribution < -0.4 is 20.9 Å². The standard InChI is InChI=1S/C14H16N2O8S2/c1-23-11-3-7(13(5-9(11)15)25(17,18)19)8-4-12(24-2)10(16)6-14(8)26(20,21)22/h3-6H,15-16H2,1-2H3,(H,17,18,19)(H,20,21,22). The average Bonchev–Trinajstić information content (AvgIpc) is 2.52. The Morgan fingerprint density at radius 3 is 1.27 bits per heavy atom. The predicted octanol–water partition coefficient (Wildman–Crippen LogP) is 1.03. The zero-order valence-electron chi connectivity index (χ0n) is 13.6. The molecular weight excluding hydrogens is 388 g/mol. The van der Waals surface area contributed by atoms with Gasteiger partial charge in [0.05, 0.1) is 25.6 Å². The van der Waals surface area contributed by atoms with E-state index in [-0.39, 0.29) is 34.0 Å².